The summed E-state index contributed by atoms with van der Waals surface area (Å²) < 4.78 is 9.96. The van der Waals surface area contributed by atoms with Crippen LogP contribution in [0.2, 0.25) is 0 Å². The molecule has 2 N–H and O–H groups in total. The van der Waals surface area contributed by atoms with Crippen LogP contribution in [0.15, 0.2) is 18.2 Å². The first-order valence-electron chi connectivity index (χ1n) is 7.43. The van der Waals surface area contributed by atoms with E-state index < -0.39 is 12.1 Å². The number of fused-ring (bicyclic) bond motifs is 1. The van der Waals surface area contributed by atoms with Crippen LogP contribution in [-0.2, 0) is 25.5 Å². The minimum atomic E-state index is -0.498. The van der Waals surface area contributed by atoms with Crippen molar-refractivity contribution in [3.8, 4) is 5.75 Å². The fourth-order valence-electron chi connectivity index (χ4n) is 2.16. The lowest BCUT2D eigenvalue weighted by molar-refractivity contribution is -0.142. The average molecular weight is 320 g/mol. The summed E-state index contributed by atoms with van der Waals surface area (Å²) in [7, 11) is 1.29. The number of hydrogen-bond donors (Lipinski definition) is 2. The van der Waals surface area contributed by atoms with Crippen LogP contribution in [0.3, 0.4) is 0 Å². The SMILES string of the molecule is COC(=O)CCC(=O)NCCc1ccc2c(c1)NC(=O)C(C)O2. The Morgan fingerprint density at radius 3 is 2.87 bits per heavy atom. The maximum absolute atomic E-state index is 11.6. The van der Waals surface area contributed by atoms with E-state index in [0.717, 1.165) is 5.56 Å². The molecule has 2 amide bonds. The second kappa shape index (κ2) is 7.62. The van der Waals surface area contributed by atoms with E-state index in [2.05, 4.69) is 15.4 Å². The summed E-state index contributed by atoms with van der Waals surface area (Å²) in [6, 6.07) is 5.53. The Morgan fingerprint density at radius 2 is 2.13 bits per heavy atom. The maximum Gasteiger partial charge on any atom is 0.306 e. The normalized spacial score (nSPS) is 15.9. The van der Waals surface area contributed by atoms with Gasteiger partial charge in [-0.2, -0.15) is 0 Å². The number of carbonyl (C=O) groups excluding carboxylic acids is 3. The van der Waals surface area contributed by atoms with E-state index in [4.69, 9.17) is 4.74 Å². The number of rotatable bonds is 6. The van der Waals surface area contributed by atoms with Gasteiger partial charge in [0.2, 0.25) is 5.91 Å². The molecule has 1 heterocycles. The van der Waals surface area contributed by atoms with Gasteiger partial charge in [-0.05, 0) is 31.0 Å². The Labute approximate surface area is 134 Å². The predicted molar refractivity (Wildman–Crippen MR) is 83.1 cm³/mol. The highest BCUT2D eigenvalue weighted by molar-refractivity contribution is 5.97. The molecule has 0 aromatic heterocycles. The van der Waals surface area contributed by atoms with Crippen molar-refractivity contribution in [2.24, 2.45) is 0 Å². The molecule has 2 rings (SSSR count). The number of hydrogen-bond acceptors (Lipinski definition) is 5. The lowest BCUT2D eigenvalue weighted by atomic mass is 10.1. The molecule has 1 atom stereocenters. The average Bonchev–Trinajstić information content (AvgIpc) is 2.54. The van der Waals surface area contributed by atoms with Gasteiger partial charge in [-0.25, -0.2) is 0 Å². The van der Waals surface area contributed by atoms with Gasteiger partial charge in [0, 0.05) is 13.0 Å². The zero-order valence-corrected chi connectivity index (χ0v) is 13.2. The fourth-order valence-corrected chi connectivity index (χ4v) is 2.16. The van der Waals surface area contributed by atoms with Crippen molar-refractivity contribution in [2.75, 3.05) is 19.0 Å². The van der Waals surface area contributed by atoms with E-state index in [1.807, 2.05) is 12.1 Å². The van der Waals surface area contributed by atoms with Crippen LogP contribution in [0, 0.1) is 0 Å². The molecule has 0 saturated carbocycles. The van der Waals surface area contributed by atoms with E-state index >= 15 is 0 Å². The number of benzene rings is 1. The molecule has 0 bridgehead atoms. The maximum atomic E-state index is 11.6. The molecule has 0 saturated heterocycles. The molecule has 1 aromatic carbocycles. The molecular formula is C16H20N2O5. The minimum Gasteiger partial charge on any atom is -0.479 e. The Balaban J connectivity index is 1.81. The number of anilines is 1. The number of ether oxygens (including phenoxy) is 2. The van der Waals surface area contributed by atoms with Gasteiger partial charge < -0.3 is 20.1 Å². The number of esters is 1. The summed E-state index contributed by atoms with van der Waals surface area (Å²) in [5, 5.41) is 5.53. The third-order valence-corrected chi connectivity index (χ3v) is 3.49. The van der Waals surface area contributed by atoms with Crippen molar-refractivity contribution < 1.29 is 23.9 Å². The Morgan fingerprint density at radius 1 is 1.35 bits per heavy atom. The van der Waals surface area contributed by atoms with E-state index in [9.17, 15) is 14.4 Å². The Kier molecular flexibility index (Phi) is 5.56. The lowest BCUT2D eigenvalue weighted by Gasteiger charge is -2.23. The summed E-state index contributed by atoms with van der Waals surface area (Å²) >= 11 is 0. The summed E-state index contributed by atoms with van der Waals surface area (Å²) in [4.78, 5) is 34.1. The summed E-state index contributed by atoms with van der Waals surface area (Å²) in [5.41, 5.74) is 1.61. The van der Waals surface area contributed by atoms with Gasteiger partial charge in [0.05, 0.1) is 19.2 Å². The van der Waals surface area contributed by atoms with Crippen molar-refractivity contribution >= 4 is 23.5 Å². The summed E-state index contributed by atoms with van der Waals surface area (Å²) in [5.74, 6) is -0.132. The molecule has 23 heavy (non-hydrogen) atoms. The monoisotopic (exact) mass is 320 g/mol. The zero-order valence-electron chi connectivity index (χ0n) is 13.2. The van der Waals surface area contributed by atoms with Crippen LogP contribution in [0.25, 0.3) is 0 Å². The molecule has 7 heteroatoms. The molecule has 1 aliphatic heterocycles. The molecule has 1 unspecified atom stereocenters. The zero-order chi connectivity index (χ0) is 16.8. The van der Waals surface area contributed by atoms with Crippen LogP contribution in [0.5, 0.6) is 5.75 Å². The van der Waals surface area contributed by atoms with Gasteiger partial charge in [-0.15, -0.1) is 0 Å². The Hall–Kier alpha value is -2.57. The van der Waals surface area contributed by atoms with Gasteiger partial charge >= 0.3 is 5.97 Å². The van der Waals surface area contributed by atoms with Crippen molar-refractivity contribution in [3.05, 3.63) is 23.8 Å². The first-order chi connectivity index (χ1) is 11.0. The number of carbonyl (C=O) groups is 3. The summed E-state index contributed by atoms with van der Waals surface area (Å²) in [6.45, 7) is 2.14. The Bertz CT molecular complexity index is 614. The first-order valence-corrected chi connectivity index (χ1v) is 7.43. The fraction of sp³-hybridized carbons (Fsp3) is 0.438. The minimum absolute atomic E-state index is 0.0722. The highest BCUT2D eigenvalue weighted by atomic mass is 16.5. The largest absolute Gasteiger partial charge is 0.479 e. The number of amides is 2. The van der Waals surface area contributed by atoms with E-state index in [1.54, 1.807) is 13.0 Å². The predicted octanol–water partition coefficient (Wildman–Crippen LogP) is 1.02. The molecule has 0 radical (unpaired) electrons. The second-order valence-electron chi connectivity index (χ2n) is 5.26. The van der Waals surface area contributed by atoms with Crippen LogP contribution >= 0.6 is 0 Å². The molecule has 7 nitrogen and oxygen atoms in total. The van der Waals surface area contributed by atoms with Crippen molar-refractivity contribution in [1.29, 1.82) is 0 Å². The topological polar surface area (TPSA) is 93.7 Å². The summed E-state index contributed by atoms with van der Waals surface area (Å²) in [6.07, 6.45) is 0.298. The van der Waals surface area contributed by atoms with Gasteiger partial charge in [0.15, 0.2) is 6.10 Å². The molecule has 0 aliphatic carbocycles. The number of methoxy groups -OCH3 is 1. The van der Waals surface area contributed by atoms with Crippen LogP contribution < -0.4 is 15.4 Å². The van der Waals surface area contributed by atoms with E-state index in [1.165, 1.54) is 7.11 Å². The standard InChI is InChI=1S/C16H20N2O5/c1-10-16(21)18-12-9-11(3-4-13(12)23-10)7-8-17-14(19)5-6-15(20)22-2/h3-4,9-10H,5-8H2,1-2H3,(H,17,19)(H,18,21). The first kappa shape index (κ1) is 16.8. The third kappa shape index (κ3) is 4.70. The molecule has 1 aromatic rings. The van der Waals surface area contributed by atoms with Crippen molar-refractivity contribution in [3.63, 3.8) is 0 Å². The van der Waals surface area contributed by atoms with Gasteiger partial charge in [-0.3, -0.25) is 14.4 Å². The molecule has 1 aliphatic rings. The highest BCUT2D eigenvalue weighted by Crippen LogP contribution is 2.30. The highest BCUT2D eigenvalue weighted by Gasteiger charge is 2.23. The molecule has 124 valence electrons. The molecule has 0 fully saturated rings. The van der Waals surface area contributed by atoms with Gasteiger partial charge in [0.1, 0.15) is 5.75 Å². The van der Waals surface area contributed by atoms with Gasteiger partial charge in [0.25, 0.3) is 5.91 Å². The van der Waals surface area contributed by atoms with E-state index in [-0.39, 0.29) is 24.7 Å². The van der Waals surface area contributed by atoms with Gasteiger partial charge in [-0.1, -0.05) is 6.07 Å². The van der Waals surface area contributed by atoms with Crippen LogP contribution in [0.1, 0.15) is 25.3 Å². The van der Waals surface area contributed by atoms with E-state index in [0.29, 0.717) is 24.4 Å². The number of nitrogens with one attached hydrogen (secondary N) is 2. The quantitative estimate of drug-likeness (QED) is 0.763. The molecule has 0 spiro atoms. The van der Waals surface area contributed by atoms with Crippen LogP contribution in [-0.4, -0.2) is 37.5 Å². The molecular weight excluding hydrogens is 300 g/mol. The van der Waals surface area contributed by atoms with Crippen molar-refractivity contribution in [2.45, 2.75) is 32.3 Å². The lowest BCUT2D eigenvalue weighted by Crippen LogP contribution is -2.34. The second-order valence-corrected chi connectivity index (χ2v) is 5.26. The third-order valence-electron chi connectivity index (χ3n) is 3.49. The van der Waals surface area contributed by atoms with Crippen LogP contribution in [0.4, 0.5) is 5.69 Å². The smallest absolute Gasteiger partial charge is 0.306 e. The van der Waals surface area contributed by atoms with Crippen molar-refractivity contribution in [1.82, 2.24) is 5.32 Å².